The maximum Gasteiger partial charge on any atom is 0.421 e. The maximum atomic E-state index is 11.3. The third-order valence-electron chi connectivity index (χ3n) is 1.41. The van der Waals surface area contributed by atoms with Crippen LogP contribution in [0.25, 0.3) is 0 Å². The Morgan fingerprint density at radius 1 is 1.47 bits per heavy atom. The van der Waals surface area contributed by atoms with E-state index >= 15 is 0 Å². The first-order valence-electron chi connectivity index (χ1n) is 4.41. The van der Waals surface area contributed by atoms with Gasteiger partial charge in [-0.05, 0) is 20.8 Å². The number of amides is 1. The van der Waals surface area contributed by atoms with Gasteiger partial charge in [-0.3, -0.25) is 0 Å². The normalized spacial score (nSPS) is 12.3. The first-order valence-corrected chi connectivity index (χ1v) is 5.89. The Morgan fingerprint density at radius 2 is 2.00 bits per heavy atom. The number of nitrogens with one attached hydrogen (secondary N) is 2. The van der Waals surface area contributed by atoms with Gasteiger partial charge in [0.25, 0.3) is 0 Å². The highest BCUT2D eigenvalue weighted by atomic mass is 32.2. The average molecular weight is 239 g/mol. The molecule has 0 unspecified atom stereocenters. The zero-order valence-corrected chi connectivity index (χ0v) is 9.85. The SMILES string of the molecule is CCOC(=O)NS(=O)(=O)NC(C)(C)CN. The van der Waals surface area contributed by atoms with Gasteiger partial charge in [0.2, 0.25) is 0 Å². The zero-order valence-electron chi connectivity index (χ0n) is 9.03. The summed E-state index contributed by atoms with van der Waals surface area (Å²) in [5.41, 5.74) is 4.51. The van der Waals surface area contributed by atoms with Crippen LogP contribution in [0.3, 0.4) is 0 Å². The standard InChI is InChI=1S/C7H17N3O4S/c1-4-14-6(11)9-15(12,13)10-7(2,3)5-8/h10H,4-5,8H2,1-3H3,(H,9,11). The van der Waals surface area contributed by atoms with Crippen molar-refractivity contribution >= 4 is 16.3 Å². The number of rotatable bonds is 5. The molecule has 8 heteroatoms. The molecule has 0 radical (unpaired) electrons. The molecule has 0 aliphatic heterocycles. The summed E-state index contributed by atoms with van der Waals surface area (Å²) < 4.78 is 30.9. The molecule has 0 aromatic carbocycles. The van der Waals surface area contributed by atoms with Gasteiger partial charge < -0.3 is 10.5 Å². The number of carbonyl (C=O) groups excluding carboxylic acids is 1. The van der Waals surface area contributed by atoms with Gasteiger partial charge in [0.05, 0.1) is 6.61 Å². The van der Waals surface area contributed by atoms with Crippen molar-refractivity contribution in [2.45, 2.75) is 26.3 Å². The van der Waals surface area contributed by atoms with E-state index < -0.39 is 21.8 Å². The van der Waals surface area contributed by atoms with Crippen molar-refractivity contribution in [2.24, 2.45) is 5.73 Å². The van der Waals surface area contributed by atoms with Crippen LogP contribution in [0.15, 0.2) is 0 Å². The Hall–Kier alpha value is -0.860. The highest BCUT2D eigenvalue weighted by molar-refractivity contribution is 7.88. The van der Waals surface area contributed by atoms with E-state index in [1.54, 1.807) is 25.5 Å². The maximum absolute atomic E-state index is 11.3. The largest absolute Gasteiger partial charge is 0.449 e. The molecule has 0 saturated heterocycles. The third kappa shape index (κ3) is 6.26. The molecule has 1 amide bonds. The third-order valence-corrected chi connectivity index (χ3v) is 2.67. The van der Waals surface area contributed by atoms with E-state index in [9.17, 15) is 13.2 Å². The Labute approximate surface area is 89.5 Å². The Morgan fingerprint density at radius 3 is 2.40 bits per heavy atom. The van der Waals surface area contributed by atoms with E-state index in [1.165, 1.54) is 0 Å². The summed E-state index contributed by atoms with van der Waals surface area (Å²) in [5.74, 6) is 0. The van der Waals surface area contributed by atoms with Crippen molar-refractivity contribution < 1.29 is 17.9 Å². The average Bonchev–Trinajstić information content (AvgIpc) is 2.01. The quantitative estimate of drug-likeness (QED) is 0.587. The molecule has 0 fully saturated rings. The summed E-state index contributed by atoms with van der Waals surface area (Å²) in [7, 11) is -3.93. The molecule has 0 aromatic rings. The van der Waals surface area contributed by atoms with Gasteiger partial charge in [-0.2, -0.15) is 13.1 Å². The van der Waals surface area contributed by atoms with Crippen molar-refractivity contribution in [1.29, 1.82) is 0 Å². The Bertz CT molecular complexity index is 312. The monoisotopic (exact) mass is 239 g/mol. The van der Waals surface area contributed by atoms with E-state index in [-0.39, 0.29) is 13.2 Å². The fraction of sp³-hybridized carbons (Fsp3) is 0.857. The zero-order chi connectivity index (χ0) is 12.1. The van der Waals surface area contributed by atoms with Crippen LogP contribution in [0.1, 0.15) is 20.8 Å². The van der Waals surface area contributed by atoms with Crippen LogP contribution in [-0.2, 0) is 14.9 Å². The van der Waals surface area contributed by atoms with Crippen molar-refractivity contribution in [3.63, 3.8) is 0 Å². The van der Waals surface area contributed by atoms with Gasteiger partial charge in [0.1, 0.15) is 0 Å². The van der Waals surface area contributed by atoms with Gasteiger partial charge in [0, 0.05) is 12.1 Å². The first kappa shape index (κ1) is 14.1. The van der Waals surface area contributed by atoms with Crippen LogP contribution in [0.4, 0.5) is 4.79 Å². The molecule has 0 heterocycles. The van der Waals surface area contributed by atoms with Crippen molar-refractivity contribution in [1.82, 2.24) is 9.44 Å². The molecule has 0 aliphatic rings. The summed E-state index contributed by atoms with van der Waals surface area (Å²) in [5, 5.41) is 0. The van der Waals surface area contributed by atoms with E-state index in [2.05, 4.69) is 9.46 Å². The van der Waals surface area contributed by atoms with Crippen molar-refractivity contribution in [3.05, 3.63) is 0 Å². The second-order valence-corrected chi connectivity index (χ2v) is 4.93. The summed E-state index contributed by atoms with van der Waals surface area (Å²) in [6.07, 6.45) is -1.02. The number of carbonyl (C=O) groups is 1. The minimum Gasteiger partial charge on any atom is -0.449 e. The lowest BCUT2D eigenvalue weighted by Gasteiger charge is -2.23. The van der Waals surface area contributed by atoms with Gasteiger partial charge in [-0.15, -0.1) is 0 Å². The second-order valence-electron chi connectivity index (χ2n) is 3.52. The minimum atomic E-state index is -3.93. The smallest absolute Gasteiger partial charge is 0.421 e. The van der Waals surface area contributed by atoms with Gasteiger partial charge >= 0.3 is 16.3 Å². The van der Waals surface area contributed by atoms with E-state index in [4.69, 9.17) is 5.73 Å². The number of hydrogen-bond donors (Lipinski definition) is 3. The first-order chi connectivity index (χ1) is 6.72. The highest BCUT2D eigenvalue weighted by Crippen LogP contribution is 2.00. The Kier molecular flexibility index (Phi) is 4.98. The molecule has 15 heavy (non-hydrogen) atoms. The lowest BCUT2D eigenvalue weighted by Crippen LogP contribution is -2.53. The molecule has 7 nitrogen and oxygen atoms in total. The van der Waals surface area contributed by atoms with Crippen LogP contribution in [-0.4, -0.2) is 33.2 Å². The van der Waals surface area contributed by atoms with Crippen molar-refractivity contribution in [3.8, 4) is 0 Å². The number of ether oxygens (including phenoxy) is 1. The molecule has 0 spiro atoms. The number of hydrogen-bond acceptors (Lipinski definition) is 5. The predicted molar refractivity (Wildman–Crippen MR) is 55.3 cm³/mol. The van der Waals surface area contributed by atoms with E-state index in [0.29, 0.717) is 0 Å². The Balaban J connectivity index is 4.39. The molecule has 0 atom stereocenters. The van der Waals surface area contributed by atoms with Crippen LogP contribution >= 0.6 is 0 Å². The molecular formula is C7H17N3O4S. The van der Waals surface area contributed by atoms with Gasteiger partial charge in [0.15, 0.2) is 0 Å². The second kappa shape index (κ2) is 5.29. The molecule has 4 N–H and O–H groups in total. The fourth-order valence-electron chi connectivity index (χ4n) is 0.701. The number of nitrogens with two attached hydrogens (primary N) is 1. The predicted octanol–water partition coefficient (Wildman–Crippen LogP) is -0.696. The van der Waals surface area contributed by atoms with Crippen LogP contribution in [0.2, 0.25) is 0 Å². The van der Waals surface area contributed by atoms with Gasteiger partial charge in [-0.1, -0.05) is 0 Å². The molecule has 90 valence electrons. The van der Waals surface area contributed by atoms with Crippen LogP contribution in [0, 0.1) is 0 Å². The molecular weight excluding hydrogens is 222 g/mol. The van der Waals surface area contributed by atoms with E-state index in [1.807, 2.05) is 0 Å². The van der Waals surface area contributed by atoms with Crippen LogP contribution < -0.4 is 15.2 Å². The molecule has 0 saturated carbocycles. The lowest BCUT2D eigenvalue weighted by molar-refractivity contribution is 0.158. The summed E-state index contributed by atoms with van der Waals surface area (Å²) in [6, 6.07) is 0. The fourth-order valence-corrected chi connectivity index (χ4v) is 1.84. The van der Waals surface area contributed by atoms with E-state index in [0.717, 1.165) is 0 Å². The lowest BCUT2D eigenvalue weighted by atomic mass is 10.1. The summed E-state index contributed by atoms with van der Waals surface area (Å²) >= 11 is 0. The molecule has 0 bridgehead atoms. The molecule has 0 aliphatic carbocycles. The minimum absolute atomic E-state index is 0.0988. The highest BCUT2D eigenvalue weighted by Gasteiger charge is 2.24. The summed E-state index contributed by atoms with van der Waals surface area (Å²) in [4.78, 5) is 10.8. The summed E-state index contributed by atoms with van der Waals surface area (Å²) in [6.45, 7) is 4.97. The molecule has 0 rings (SSSR count). The van der Waals surface area contributed by atoms with Gasteiger partial charge in [-0.25, -0.2) is 9.52 Å². The van der Waals surface area contributed by atoms with Crippen LogP contribution in [0.5, 0.6) is 0 Å². The van der Waals surface area contributed by atoms with Crippen molar-refractivity contribution in [2.75, 3.05) is 13.2 Å². The molecule has 0 aromatic heterocycles. The topological polar surface area (TPSA) is 111 Å².